The summed E-state index contributed by atoms with van der Waals surface area (Å²) in [6.45, 7) is 4.21. The van der Waals surface area contributed by atoms with Gasteiger partial charge >= 0.3 is 0 Å². The van der Waals surface area contributed by atoms with Crippen LogP contribution in [0.1, 0.15) is 18.0 Å². The second-order valence-electron chi connectivity index (χ2n) is 6.29. The molecule has 0 spiro atoms. The number of carbonyl (C=O) groups is 1. The van der Waals surface area contributed by atoms with Crippen molar-refractivity contribution in [2.45, 2.75) is 12.5 Å². The Morgan fingerprint density at radius 1 is 1.04 bits per heavy atom. The number of ether oxygens (including phenoxy) is 2. The highest BCUT2D eigenvalue weighted by atomic mass is 16.5. The first kappa shape index (κ1) is 18.4. The maximum absolute atomic E-state index is 12.2. The summed E-state index contributed by atoms with van der Waals surface area (Å²) < 4.78 is 11.1. The average Bonchev–Trinajstić information content (AvgIpc) is 2.71. The fourth-order valence-electron chi connectivity index (χ4n) is 3.10. The minimum absolute atomic E-state index is 0.00937. The fourth-order valence-corrected chi connectivity index (χ4v) is 3.10. The van der Waals surface area contributed by atoms with Gasteiger partial charge < -0.3 is 14.8 Å². The molecule has 0 aromatic heterocycles. The highest BCUT2D eigenvalue weighted by Crippen LogP contribution is 2.21. The van der Waals surface area contributed by atoms with Crippen LogP contribution in [0.4, 0.5) is 0 Å². The average molecular weight is 354 g/mol. The molecule has 1 unspecified atom stereocenters. The summed E-state index contributed by atoms with van der Waals surface area (Å²) in [5, 5.41) is 3.06. The van der Waals surface area contributed by atoms with Crippen LogP contribution < -0.4 is 10.1 Å². The molecule has 26 heavy (non-hydrogen) atoms. The van der Waals surface area contributed by atoms with Crippen molar-refractivity contribution in [2.75, 3.05) is 39.5 Å². The first-order valence-corrected chi connectivity index (χ1v) is 9.14. The molecule has 0 bridgehead atoms. The number of benzene rings is 2. The van der Waals surface area contributed by atoms with E-state index in [2.05, 4.69) is 22.3 Å². The number of amides is 1. The molecule has 2 aromatic rings. The predicted octanol–water partition coefficient (Wildman–Crippen LogP) is 2.65. The number of morpholine rings is 1. The van der Waals surface area contributed by atoms with Crippen LogP contribution in [0.3, 0.4) is 0 Å². The van der Waals surface area contributed by atoms with E-state index < -0.39 is 0 Å². The Labute approximate surface area is 154 Å². The van der Waals surface area contributed by atoms with Gasteiger partial charge in [-0.1, -0.05) is 48.5 Å². The Morgan fingerprint density at radius 3 is 2.38 bits per heavy atom. The summed E-state index contributed by atoms with van der Waals surface area (Å²) in [7, 11) is 0. The lowest BCUT2D eigenvalue weighted by Crippen LogP contribution is -2.44. The van der Waals surface area contributed by atoms with Crippen LogP contribution in [0.5, 0.6) is 5.75 Å². The monoisotopic (exact) mass is 354 g/mol. The van der Waals surface area contributed by atoms with Gasteiger partial charge in [0.1, 0.15) is 5.75 Å². The van der Waals surface area contributed by atoms with E-state index in [1.54, 1.807) is 0 Å². The van der Waals surface area contributed by atoms with E-state index in [4.69, 9.17) is 9.47 Å². The molecule has 3 rings (SSSR count). The first-order valence-electron chi connectivity index (χ1n) is 9.14. The Bertz CT molecular complexity index is 657. The van der Waals surface area contributed by atoms with E-state index in [9.17, 15) is 4.79 Å². The Hall–Kier alpha value is -2.37. The van der Waals surface area contributed by atoms with Crippen molar-refractivity contribution in [2.24, 2.45) is 0 Å². The van der Waals surface area contributed by atoms with Gasteiger partial charge in [0.15, 0.2) is 0 Å². The molecule has 1 atom stereocenters. The second-order valence-corrected chi connectivity index (χ2v) is 6.29. The fraction of sp³-hybridized carbons (Fsp3) is 0.381. The molecule has 1 saturated heterocycles. The van der Waals surface area contributed by atoms with Crippen molar-refractivity contribution in [3.63, 3.8) is 0 Å². The molecular weight excluding hydrogens is 328 g/mol. The van der Waals surface area contributed by atoms with Crippen LogP contribution in [0.25, 0.3) is 0 Å². The lowest BCUT2D eigenvalue weighted by molar-refractivity contribution is -0.121. The van der Waals surface area contributed by atoms with E-state index >= 15 is 0 Å². The van der Waals surface area contributed by atoms with Gasteiger partial charge in [0, 0.05) is 19.6 Å². The molecule has 1 fully saturated rings. The lowest BCUT2D eigenvalue weighted by atomic mass is 10.0. The van der Waals surface area contributed by atoms with Crippen molar-refractivity contribution in [3.8, 4) is 5.75 Å². The van der Waals surface area contributed by atoms with Gasteiger partial charge in [-0.3, -0.25) is 9.69 Å². The Balaban J connectivity index is 1.49. The van der Waals surface area contributed by atoms with E-state index in [0.717, 1.165) is 32.1 Å². The van der Waals surface area contributed by atoms with Crippen molar-refractivity contribution >= 4 is 5.91 Å². The second kappa shape index (κ2) is 9.94. The summed E-state index contributed by atoms with van der Waals surface area (Å²) in [5.41, 5.74) is 1.22. The zero-order valence-electron chi connectivity index (χ0n) is 15.0. The van der Waals surface area contributed by atoms with Crippen molar-refractivity contribution in [3.05, 3.63) is 66.2 Å². The van der Waals surface area contributed by atoms with Gasteiger partial charge in [0.25, 0.3) is 0 Å². The van der Waals surface area contributed by atoms with Crippen LogP contribution in [-0.2, 0) is 9.53 Å². The number of hydrogen-bond acceptors (Lipinski definition) is 4. The molecule has 1 N–H and O–H groups in total. The molecule has 0 aliphatic carbocycles. The molecule has 0 radical (unpaired) electrons. The van der Waals surface area contributed by atoms with Gasteiger partial charge in [0.05, 0.1) is 32.3 Å². The zero-order chi connectivity index (χ0) is 18.0. The minimum Gasteiger partial charge on any atom is -0.493 e. The normalized spacial score (nSPS) is 16.0. The number of hydrogen-bond donors (Lipinski definition) is 1. The molecule has 138 valence electrons. The highest BCUT2D eigenvalue weighted by molar-refractivity contribution is 5.76. The number of rotatable bonds is 8. The van der Waals surface area contributed by atoms with Crippen molar-refractivity contribution in [1.29, 1.82) is 0 Å². The number of nitrogens with zero attached hydrogens (tertiary/aromatic N) is 1. The quantitative estimate of drug-likeness (QED) is 0.792. The molecule has 1 heterocycles. The van der Waals surface area contributed by atoms with E-state index in [-0.39, 0.29) is 11.9 Å². The van der Waals surface area contributed by atoms with E-state index in [0.29, 0.717) is 19.6 Å². The zero-order valence-corrected chi connectivity index (χ0v) is 15.0. The molecule has 1 aliphatic rings. The van der Waals surface area contributed by atoms with Gasteiger partial charge in [-0.25, -0.2) is 0 Å². The molecule has 1 aliphatic heterocycles. The minimum atomic E-state index is 0.00937. The van der Waals surface area contributed by atoms with Crippen LogP contribution >= 0.6 is 0 Å². The third-order valence-electron chi connectivity index (χ3n) is 4.50. The molecule has 5 nitrogen and oxygen atoms in total. The Morgan fingerprint density at radius 2 is 1.69 bits per heavy atom. The molecule has 5 heteroatoms. The summed E-state index contributed by atoms with van der Waals surface area (Å²) >= 11 is 0. The largest absolute Gasteiger partial charge is 0.493 e. The maximum Gasteiger partial charge on any atom is 0.223 e. The third-order valence-corrected chi connectivity index (χ3v) is 4.50. The summed E-state index contributed by atoms with van der Waals surface area (Å²) in [4.78, 5) is 14.6. The smallest absolute Gasteiger partial charge is 0.223 e. The third kappa shape index (κ3) is 5.58. The van der Waals surface area contributed by atoms with Crippen LogP contribution in [0, 0.1) is 0 Å². The van der Waals surface area contributed by atoms with E-state index in [1.807, 2.05) is 48.5 Å². The number of para-hydroxylation sites is 1. The van der Waals surface area contributed by atoms with Crippen LogP contribution in [-0.4, -0.2) is 50.3 Å². The molecule has 2 aromatic carbocycles. The van der Waals surface area contributed by atoms with Crippen molar-refractivity contribution < 1.29 is 14.3 Å². The summed E-state index contributed by atoms with van der Waals surface area (Å²) in [6, 6.07) is 20.0. The topological polar surface area (TPSA) is 50.8 Å². The van der Waals surface area contributed by atoms with Crippen LogP contribution in [0.15, 0.2) is 60.7 Å². The summed E-state index contributed by atoms with van der Waals surface area (Å²) in [6.07, 6.45) is 0.347. The molecular formula is C21H26N2O3. The molecule has 0 saturated carbocycles. The number of carbonyl (C=O) groups excluding carboxylic acids is 1. The Kier molecular flexibility index (Phi) is 7.05. The molecule has 1 amide bonds. The highest BCUT2D eigenvalue weighted by Gasteiger charge is 2.22. The standard InChI is InChI=1S/C21H26N2O3/c24-21(11-14-26-19-9-5-2-6-10-19)22-17-20(18-7-3-1-4-8-18)23-12-15-25-16-13-23/h1-10,20H,11-17H2,(H,22,24). The van der Waals surface area contributed by atoms with Gasteiger partial charge in [-0.2, -0.15) is 0 Å². The van der Waals surface area contributed by atoms with Gasteiger partial charge in [-0.15, -0.1) is 0 Å². The van der Waals surface area contributed by atoms with Crippen molar-refractivity contribution in [1.82, 2.24) is 10.2 Å². The SMILES string of the molecule is O=C(CCOc1ccccc1)NCC(c1ccccc1)N1CCOCC1. The van der Waals surface area contributed by atoms with Gasteiger partial charge in [-0.05, 0) is 17.7 Å². The lowest BCUT2D eigenvalue weighted by Gasteiger charge is -2.35. The van der Waals surface area contributed by atoms with Crippen LogP contribution in [0.2, 0.25) is 0 Å². The maximum atomic E-state index is 12.2. The van der Waals surface area contributed by atoms with Gasteiger partial charge in [0.2, 0.25) is 5.91 Å². The summed E-state index contributed by atoms with van der Waals surface area (Å²) in [5.74, 6) is 0.797. The first-order chi connectivity index (χ1) is 12.8. The predicted molar refractivity (Wildman–Crippen MR) is 101 cm³/mol. The van der Waals surface area contributed by atoms with E-state index in [1.165, 1.54) is 5.56 Å². The number of nitrogens with one attached hydrogen (secondary N) is 1.